The number of nitrogens with one attached hydrogen (secondary N) is 1. The minimum absolute atomic E-state index is 0.180. The van der Waals surface area contributed by atoms with E-state index < -0.39 is 17.4 Å². The molecular weight excluding hydrogens is 408 g/mol. The molecule has 8 heteroatoms. The smallest absolute Gasteiger partial charge is 0.338 e. The van der Waals surface area contributed by atoms with Gasteiger partial charge in [-0.1, -0.05) is 52.5 Å². The third-order valence-corrected chi connectivity index (χ3v) is 5.60. The minimum atomic E-state index is -1.44. The average molecular weight is 421 g/mol. The molecule has 1 amide bonds. The number of hydrogen-bond donors (Lipinski definition) is 2. The molecule has 0 spiro atoms. The first kappa shape index (κ1) is 19.9. The number of rotatable bonds is 3. The Labute approximate surface area is 164 Å². The molecule has 4 nitrogen and oxygen atoms in total. The third kappa shape index (κ3) is 3.72. The van der Waals surface area contributed by atoms with Crippen molar-refractivity contribution in [3.05, 3.63) is 60.0 Å². The number of carbonyl (C=O) groups is 2. The molecular formula is C17H13Cl4NO3. The summed E-state index contributed by atoms with van der Waals surface area (Å²) in [5.41, 5.74) is 2.54. The third-order valence-electron chi connectivity index (χ3n) is 3.80. The summed E-state index contributed by atoms with van der Waals surface area (Å²) in [6, 6.07) is 3.70. The van der Waals surface area contributed by atoms with Gasteiger partial charge < -0.3 is 10.4 Å². The Morgan fingerprint density at radius 3 is 1.80 bits per heavy atom. The van der Waals surface area contributed by atoms with Gasteiger partial charge in [-0.15, -0.1) is 0 Å². The van der Waals surface area contributed by atoms with Crippen molar-refractivity contribution in [2.75, 3.05) is 5.32 Å². The Balaban J connectivity index is 2.61. The second kappa shape index (κ2) is 7.42. The number of carboxylic acid groups (broad SMARTS) is 1. The van der Waals surface area contributed by atoms with E-state index in [0.717, 1.165) is 16.7 Å². The van der Waals surface area contributed by atoms with Gasteiger partial charge in [0.05, 0.1) is 31.2 Å². The lowest BCUT2D eigenvalue weighted by Gasteiger charge is -2.16. The van der Waals surface area contributed by atoms with Crippen LogP contribution in [0.3, 0.4) is 0 Å². The highest BCUT2D eigenvalue weighted by atomic mass is 35.5. The van der Waals surface area contributed by atoms with Gasteiger partial charge in [0, 0.05) is 5.69 Å². The van der Waals surface area contributed by atoms with Gasteiger partial charge in [-0.25, -0.2) is 4.79 Å². The van der Waals surface area contributed by atoms with E-state index in [2.05, 4.69) is 5.32 Å². The molecule has 2 aromatic carbocycles. The molecule has 0 aromatic heterocycles. The van der Waals surface area contributed by atoms with Crippen LogP contribution in [0.5, 0.6) is 0 Å². The second-order valence-corrected chi connectivity index (χ2v) is 7.03. The highest BCUT2D eigenvalue weighted by Crippen LogP contribution is 2.41. The van der Waals surface area contributed by atoms with E-state index in [1.54, 1.807) is 6.07 Å². The molecule has 0 radical (unpaired) electrons. The van der Waals surface area contributed by atoms with E-state index in [4.69, 9.17) is 46.4 Å². The van der Waals surface area contributed by atoms with Crippen LogP contribution < -0.4 is 5.32 Å². The topological polar surface area (TPSA) is 66.4 Å². The normalized spacial score (nSPS) is 10.7. The van der Waals surface area contributed by atoms with E-state index in [1.165, 1.54) is 0 Å². The van der Waals surface area contributed by atoms with Crippen molar-refractivity contribution in [3.8, 4) is 0 Å². The number of carboxylic acids is 1. The number of carbonyl (C=O) groups excluding carboxylic acids is 1. The maximum atomic E-state index is 12.7. The largest absolute Gasteiger partial charge is 0.478 e. The Morgan fingerprint density at radius 1 is 0.800 bits per heavy atom. The van der Waals surface area contributed by atoms with Gasteiger partial charge in [0.15, 0.2) is 0 Å². The minimum Gasteiger partial charge on any atom is -0.478 e. The van der Waals surface area contributed by atoms with Crippen molar-refractivity contribution < 1.29 is 14.7 Å². The van der Waals surface area contributed by atoms with E-state index >= 15 is 0 Å². The summed E-state index contributed by atoms with van der Waals surface area (Å²) < 4.78 is 0. The summed E-state index contributed by atoms with van der Waals surface area (Å²) in [5, 5.41) is 11.1. The zero-order valence-corrected chi connectivity index (χ0v) is 16.5. The van der Waals surface area contributed by atoms with Crippen molar-refractivity contribution >= 4 is 64.0 Å². The van der Waals surface area contributed by atoms with Crippen molar-refractivity contribution in [1.82, 2.24) is 0 Å². The van der Waals surface area contributed by atoms with Crippen molar-refractivity contribution in [2.45, 2.75) is 20.8 Å². The summed E-state index contributed by atoms with van der Waals surface area (Å²) >= 11 is 23.9. The molecule has 25 heavy (non-hydrogen) atoms. The van der Waals surface area contributed by atoms with E-state index in [9.17, 15) is 14.7 Å². The molecule has 2 aromatic rings. The Morgan fingerprint density at radius 2 is 1.28 bits per heavy atom. The highest BCUT2D eigenvalue weighted by Gasteiger charge is 2.29. The summed E-state index contributed by atoms with van der Waals surface area (Å²) in [5.74, 6) is -2.18. The first-order chi connectivity index (χ1) is 11.6. The SMILES string of the molecule is Cc1cc(C)c(NC(=O)c2c(Cl)c(Cl)c(Cl)c(Cl)c2C(=O)O)cc1C. The Bertz CT molecular complexity index is 910. The summed E-state index contributed by atoms with van der Waals surface area (Å²) in [4.78, 5) is 24.3. The fourth-order valence-corrected chi connectivity index (χ4v) is 3.35. The first-order valence-corrected chi connectivity index (χ1v) is 8.55. The van der Waals surface area contributed by atoms with Crippen LogP contribution in [0, 0.1) is 20.8 Å². The molecule has 0 aliphatic heterocycles. The molecule has 2 rings (SSSR count). The summed E-state index contributed by atoms with van der Waals surface area (Å²) in [6.45, 7) is 5.67. The van der Waals surface area contributed by atoms with Gasteiger partial charge in [-0.3, -0.25) is 4.79 Å². The molecule has 0 saturated carbocycles. The lowest BCUT2D eigenvalue weighted by Crippen LogP contribution is -2.19. The lowest BCUT2D eigenvalue weighted by atomic mass is 10.0. The van der Waals surface area contributed by atoms with E-state index in [0.29, 0.717) is 5.69 Å². The zero-order chi connectivity index (χ0) is 19.0. The molecule has 2 N–H and O–H groups in total. The number of aromatic carboxylic acids is 1. The predicted octanol–water partition coefficient (Wildman–Crippen LogP) is 6.18. The van der Waals surface area contributed by atoms with Crippen LogP contribution in [-0.2, 0) is 0 Å². The van der Waals surface area contributed by atoms with Crippen molar-refractivity contribution in [2.24, 2.45) is 0 Å². The van der Waals surface area contributed by atoms with Gasteiger partial charge in [0.1, 0.15) is 0 Å². The molecule has 0 saturated heterocycles. The summed E-state index contributed by atoms with van der Waals surface area (Å²) in [6.07, 6.45) is 0. The van der Waals surface area contributed by atoms with E-state index in [1.807, 2.05) is 26.8 Å². The van der Waals surface area contributed by atoms with Crippen LogP contribution in [0.25, 0.3) is 0 Å². The fraction of sp³-hybridized carbons (Fsp3) is 0.176. The maximum Gasteiger partial charge on any atom is 0.338 e. The van der Waals surface area contributed by atoms with Crippen LogP contribution in [0.4, 0.5) is 5.69 Å². The van der Waals surface area contributed by atoms with Crippen molar-refractivity contribution in [3.63, 3.8) is 0 Å². The van der Waals surface area contributed by atoms with Crippen LogP contribution in [0.1, 0.15) is 37.4 Å². The van der Waals surface area contributed by atoms with Crippen LogP contribution in [-0.4, -0.2) is 17.0 Å². The van der Waals surface area contributed by atoms with Gasteiger partial charge in [0.2, 0.25) is 0 Å². The van der Waals surface area contributed by atoms with Crippen molar-refractivity contribution in [1.29, 1.82) is 0 Å². The number of amides is 1. The zero-order valence-electron chi connectivity index (χ0n) is 13.4. The average Bonchev–Trinajstić information content (AvgIpc) is 2.53. The first-order valence-electron chi connectivity index (χ1n) is 7.04. The van der Waals surface area contributed by atoms with Crippen LogP contribution >= 0.6 is 46.4 Å². The van der Waals surface area contributed by atoms with E-state index in [-0.39, 0.29) is 25.7 Å². The molecule has 0 fully saturated rings. The molecule has 132 valence electrons. The predicted molar refractivity (Wildman–Crippen MR) is 102 cm³/mol. The second-order valence-electron chi connectivity index (χ2n) is 5.52. The highest BCUT2D eigenvalue weighted by molar-refractivity contribution is 6.54. The number of halogens is 4. The molecule has 0 unspecified atom stereocenters. The number of aryl methyl sites for hydroxylation is 3. The lowest BCUT2D eigenvalue weighted by molar-refractivity contribution is 0.0692. The molecule has 0 heterocycles. The molecule has 0 aliphatic carbocycles. The maximum absolute atomic E-state index is 12.7. The standard InChI is InChI=1S/C17H13Cl4NO3/c1-6-4-8(3)9(5-7(6)2)22-16(23)10-11(17(24)25)13(19)15(21)14(20)12(10)18/h4-5H,1-3H3,(H,22,23)(H,24,25). The molecule has 0 bridgehead atoms. The van der Waals surface area contributed by atoms with Crippen LogP contribution in [0.15, 0.2) is 12.1 Å². The van der Waals surface area contributed by atoms with Gasteiger partial charge in [-0.05, 0) is 43.5 Å². The molecule has 0 atom stereocenters. The van der Waals surface area contributed by atoms with Gasteiger partial charge >= 0.3 is 5.97 Å². The van der Waals surface area contributed by atoms with Gasteiger partial charge in [-0.2, -0.15) is 0 Å². The number of benzene rings is 2. The monoisotopic (exact) mass is 419 g/mol. The quantitative estimate of drug-likeness (QED) is 0.460. The van der Waals surface area contributed by atoms with Crippen LogP contribution in [0.2, 0.25) is 20.1 Å². The van der Waals surface area contributed by atoms with Gasteiger partial charge in [0.25, 0.3) is 5.91 Å². The Hall–Kier alpha value is -1.46. The number of anilines is 1. The number of hydrogen-bond acceptors (Lipinski definition) is 2. The molecule has 0 aliphatic rings. The summed E-state index contributed by atoms with van der Waals surface area (Å²) in [7, 11) is 0. The Kier molecular flexibility index (Phi) is 5.89. The fourth-order valence-electron chi connectivity index (χ4n) is 2.33.